The van der Waals surface area contributed by atoms with E-state index in [1.54, 1.807) is 0 Å². The predicted octanol–water partition coefficient (Wildman–Crippen LogP) is 3.75. The molecular formula is C12H12BrClO. The van der Waals surface area contributed by atoms with Crippen molar-refractivity contribution in [3.05, 3.63) is 33.3 Å². The molecular weight excluding hydrogens is 275 g/mol. The predicted molar refractivity (Wildman–Crippen MR) is 65.8 cm³/mol. The van der Waals surface area contributed by atoms with E-state index in [1.165, 1.54) is 24.0 Å². The van der Waals surface area contributed by atoms with Crippen LogP contribution in [0.4, 0.5) is 0 Å². The third kappa shape index (κ3) is 2.26. The summed E-state index contributed by atoms with van der Waals surface area (Å²) >= 11 is 9.01. The van der Waals surface area contributed by atoms with Gasteiger partial charge in [-0.05, 0) is 48.9 Å². The van der Waals surface area contributed by atoms with E-state index >= 15 is 0 Å². The van der Waals surface area contributed by atoms with Crippen LogP contribution in [0.15, 0.2) is 16.6 Å². The molecule has 0 fully saturated rings. The largest absolute Gasteiger partial charge is 0.293 e. The zero-order valence-corrected chi connectivity index (χ0v) is 10.7. The molecule has 1 aliphatic carbocycles. The van der Waals surface area contributed by atoms with E-state index in [2.05, 4.69) is 22.0 Å². The maximum absolute atomic E-state index is 11.6. The van der Waals surface area contributed by atoms with E-state index in [1.807, 2.05) is 6.07 Å². The Bertz CT molecular complexity index is 401. The van der Waals surface area contributed by atoms with Gasteiger partial charge in [0.05, 0.1) is 5.88 Å². The van der Waals surface area contributed by atoms with Gasteiger partial charge in [-0.25, -0.2) is 0 Å². The molecule has 0 unspecified atom stereocenters. The first-order valence-corrected chi connectivity index (χ1v) is 6.45. The highest BCUT2D eigenvalue weighted by Gasteiger charge is 2.15. The Hall–Kier alpha value is -0.340. The lowest BCUT2D eigenvalue weighted by Crippen LogP contribution is -2.08. The Balaban J connectivity index is 2.44. The molecule has 2 rings (SSSR count). The van der Waals surface area contributed by atoms with E-state index in [0.717, 1.165) is 22.9 Å². The quantitative estimate of drug-likeness (QED) is 0.598. The molecule has 0 amide bonds. The fourth-order valence-electron chi connectivity index (χ4n) is 2.04. The van der Waals surface area contributed by atoms with Crippen LogP contribution in [-0.2, 0) is 12.8 Å². The van der Waals surface area contributed by atoms with Gasteiger partial charge in [-0.3, -0.25) is 4.79 Å². The van der Waals surface area contributed by atoms with Gasteiger partial charge < -0.3 is 0 Å². The van der Waals surface area contributed by atoms with Crippen molar-refractivity contribution in [3.63, 3.8) is 0 Å². The SMILES string of the molecule is O=C(CCl)c1cc2c(cc1Br)CCCC2. The number of halogens is 2. The van der Waals surface area contributed by atoms with Crippen molar-refractivity contribution in [2.24, 2.45) is 0 Å². The Morgan fingerprint density at radius 3 is 2.47 bits per heavy atom. The summed E-state index contributed by atoms with van der Waals surface area (Å²) in [5, 5.41) is 0. The molecule has 1 aliphatic rings. The number of rotatable bonds is 2. The Kier molecular flexibility index (Phi) is 3.47. The van der Waals surface area contributed by atoms with Crippen LogP contribution in [0.2, 0.25) is 0 Å². The van der Waals surface area contributed by atoms with Crippen molar-refractivity contribution in [1.29, 1.82) is 0 Å². The number of carbonyl (C=O) groups is 1. The van der Waals surface area contributed by atoms with Crippen molar-refractivity contribution < 1.29 is 4.79 Å². The zero-order chi connectivity index (χ0) is 10.8. The molecule has 0 bridgehead atoms. The molecule has 1 aromatic rings. The van der Waals surface area contributed by atoms with E-state index in [4.69, 9.17) is 11.6 Å². The van der Waals surface area contributed by atoms with Gasteiger partial charge in [-0.1, -0.05) is 15.9 Å². The molecule has 1 nitrogen and oxygen atoms in total. The monoisotopic (exact) mass is 286 g/mol. The van der Waals surface area contributed by atoms with Crippen LogP contribution in [0.3, 0.4) is 0 Å². The molecule has 0 aliphatic heterocycles. The first-order chi connectivity index (χ1) is 7.22. The minimum atomic E-state index is -0.00286. The molecule has 0 radical (unpaired) electrons. The van der Waals surface area contributed by atoms with Crippen LogP contribution < -0.4 is 0 Å². The number of fused-ring (bicyclic) bond motifs is 1. The topological polar surface area (TPSA) is 17.1 Å². The third-order valence-corrected chi connectivity index (χ3v) is 3.75. The van der Waals surface area contributed by atoms with E-state index in [9.17, 15) is 4.79 Å². The minimum Gasteiger partial charge on any atom is -0.293 e. The highest BCUT2D eigenvalue weighted by Crippen LogP contribution is 2.28. The molecule has 0 saturated carbocycles. The van der Waals surface area contributed by atoms with Gasteiger partial charge in [-0.2, -0.15) is 0 Å². The van der Waals surface area contributed by atoms with E-state index < -0.39 is 0 Å². The van der Waals surface area contributed by atoms with E-state index in [0.29, 0.717) is 0 Å². The van der Waals surface area contributed by atoms with Gasteiger partial charge in [0.25, 0.3) is 0 Å². The van der Waals surface area contributed by atoms with Gasteiger partial charge in [-0.15, -0.1) is 11.6 Å². The number of hydrogen-bond acceptors (Lipinski definition) is 1. The molecule has 80 valence electrons. The number of ketones is 1. The van der Waals surface area contributed by atoms with Gasteiger partial charge in [0.1, 0.15) is 0 Å². The molecule has 0 atom stereocenters. The Morgan fingerprint density at radius 2 is 1.87 bits per heavy atom. The van der Waals surface area contributed by atoms with Crippen LogP contribution in [0.5, 0.6) is 0 Å². The second-order valence-electron chi connectivity index (χ2n) is 3.86. The lowest BCUT2D eigenvalue weighted by Gasteiger charge is -2.17. The first kappa shape index (κ1) is 11.2. The van der Waals surface area contributed by atoms with Crippen LogP contribution in [0.25, 0.3) is 0 Å². The van der Waals surface area contributed by atoms with Gasteiger partial charge in [0.15, 0.2) is 5.78 Å². The summed E-state index contributed by atoms with van der Waals surface area (Å²) in [6.07, 6.45) is 4.69. The summed E-state index contributed by atoms with van der Waals surface area (Å²) in [5.41, 5.74) is 3.42. The molecule has 15 heavy (non-hydrogen) atoms. The summed E-state index contributed by atoms with van der Waals surface area (Å²) < 4.78 is 0.883. The van der Waals surface area contributed by atoms with Crippen LogP contribution >= 0.6 is 27.5 Å². The molecule has 0 aromatic heterocycles. The second kappa shape index (κ2) is 4.67. The number of benzene rings is 1. The maximum atomic E-state index is 11.6. The van der Waals surface area contributed by atoms with E-state index in [-0.39, 0.29) is 11.7 Å². The average molecular weight is 288 g/mol. The Morgan fingerprint density at radius 1 is 1.27 bits per heavy atom. The molecule has 0 spiro atoms. The van der Waals surface area contributed by atoms with Crippen LogP contribution in [0.1, 0.15) is 34.3 Å². The van der Waals surface area contributed by atoms with Crippen molar-refractivity contribution in [1.82, 2.24) is 0 Å². The normalized spacial score (nSPS) is 14.8. The summed E-state index contributed by atoms with van der Waals surface area (Å²) in [5.74, 6) is 0.0501. The van der Waals surface area contributed by atoms with Gasteiger partial charge in [0.2, 0.25) is 0 Å². The molecule has 0 N–H and O–H groups in total. The lowest BCUT2D eigenvalue weighted by atomic mass is 9.90. The number of Topliss-reactive ketones (excluding diaryl/α,β-unsaturated/α-hetero) is 1. The second-order valence-corrected chi connectivity index (χ2v) is 4.99. The summed E-state index contributed by atoms with van der Waals surface area (Å²) in [6.45, 7) is 0. The molecule has 1 aromatic carbocycles. The molecule has 0 saturated heterocycles. The third-order valence-electron chi connectivity index (χ3n) is 2.85. The van der Waals surface area contributed by atoms with Gasteiger partial charge >= 0.3 is 0 Å². The summed E-state index contributed by atoms with van der Waals surface area (Å²) in [6, 6.07) is 4.08. The zero-order valence-electron chi connectivity index (χ0n) is 8.35. The fourth-order valence-corrected chi connectivity index (χ4v) is 2.80. The van der Waals surface area contributed by atoms with Crippen molar-refractivity contribution in [2.75, 3.05) is 5.88 Å². The highest BCUT2D eigenvalue weighted by atomic mass is 79.9. The number of hydrogen-bond donors (Lipinski definition) is 0. The number of carbonyl (C=O) groups excluding carboxylic acids is 1. The number of aryl methyl sites for hydroxylation is 2. The number of alkyl halides is 1. The lowest BCUT2D eigenvalue weighted by molar-refractivity contribution is 0.102. The van der Waals surface area contributed by atoms with Crippen LogP contribution in [-0.4, -0.2) is 11.7 Å². The first-order valence-electron chi connectivity index (χ1n) is 5.13. The van der Waals surface area contributed by atoms with Crippen LogP contribution in [0, 0.1) is 0 Å². The minimum absolute atomic E-state index is 0.00286. The van der Waals surface area contributed by atoms with Crippen molar-refractivity contribution in [2.45, 2.75) is 25.7 Å². The maximum Gasteiger partial charge on any atom is 0.178 e. The Labute approximate surface area is 103 Å². The molecule has 0 heterocycles. The molecule has 3 heteroatoms. The van der Waals surface area contributed by atoms with Gasteiger partial charge in [0, 0.05) is 10.0 Å². The standard InChI is InChI=1S/C12H12BrClO/c13-11-6-9-4-2-1-3-8(9)5-10(11)12(15)7-14/h5-6H,1-4,7H2. The highest BCUT2D eigenvalue weighted by molar-refractivity contribution is 9.10. The van der Waals surface area contributed by atoms with Crippen molar-refractivity contribution in [3.8, 4) is 0 Å². The summed E-state index contributed by atoms with van der Waals surface area (Å²) in [7, 11) is 0. The average Bonchev–Trinajstić information content (AvgIpc) is 2.27. The van der Waals surface area contributed by atoms with Crippen molar-refractivity contribution >= 4 is 33.3 Å². The smallest absolute Gasteiger partial charge is 0.178 e. The summed E-state index contributed by atoms with van der Waals surface area (Å²) in [4.78, 5) is 11.6. The fraction of sp³-hybridized carbons (Fsp3) is 0.417.